The Hall–Kier alpha value is -6.38. The molecule has 0 spiro atoms. The van der Waals surface area contributed by atoms with E-state index in [9.17, 15) is 0 Å². The molecule has 0 fully saturated rings. The van der Waals surface area contributed by atoms with Crippen LogP contribution in [-0.2, 0) is 10.8 Å². The maximum Gasteiger partial charge on any atom is 0.0564 e. The van der Waals surface area contributed by atoms with Crippen LogP contribution in [0.1, 0.15) is 63.3 Å². The van der Waals surface area contributed by atoms with Gasteiger partial charge in [-0.3, -0.25) is 0 Å². The first kappa shape index (κ1) is 32.8. The van der Waals surface area contributed by atoms with E-state index in [0.717, 1.165) is 6.42 Å². The van der Waals surface area contributed by atoms with Crippen molar-refractivity contribution in [2.24, 2.45) is 5.92 Å². The van der Waals surface area contributed by atoms with E-state index in [4.69, 9.17) is 0 Å². The van der Waals surface area contributed by atoms with Gasteiger partial charge in [-0.05, 0) is 105 Å². The molecule has 3 aliphatic carbocycles. The average Bonchev–Trinajstić information content (AvgIpc) is 3.89. The van der Waals surface area contributed by atoms with Gasteiger partial charge in [0.25, 0.3) is 0 Å². The fourth-order valence-electron chi connectivity index (χ4n) is 11.0. The van der Waals surface area contributed by atoms with Crippen LogP contribution in [0.2, 0.25) is 0 Å². The molecule has 3 aliphatic rings. The van der Waals surface area contributed by atoms with Crippen molar-refractivity contribution >= 4 is 44.9 Å². The Morgan fingerprint density at radius 3 is 1.75 bits per heavy atom. The van der Waals surface area contributed by atoms with Gasteiger partial charge in [-0.1, -0.05) is 150 Å². The highest BCUT2D eigenvalue weighted by atomic mass is 15.0. The molecule has 0 N–H and O–H groups in total. The van der Waals surface area contributed by atoms with E-state index in [0.29, 0.717) is 5.92 Å². The predicted molar refractivity (Wildman–Crippen MR) is 240 cm³/mol. The van der Waals surface area contributed by atoms with Gasteiger partial charge in [0.2, 0.25) is 0 Å². The largest absolute Gasteiger partial charge is 0.309 e. The molecule has 9 aromatic rings. The summed E-state index contributed by atoms with van der Waals surface area (Å²) in [5.41, 5.74) is 19.4. The molecule has 1 atom stereocenters. The van der Waals surface area contributed by atoms with Gasteiger partial charge in [-0.15, -0.1) is 0 Å². The third-order valence-electron chi connectivity index (χ3n) is 13.8. The Morgan fingerprint density at radius 1 is 0.491 bits per heavy atom. The van der Waals surface area contributed by atoms with Crippen molar-refractivity contribution in [3.05, 3.63) is 178 Å². The van der Waals surface area contributed by atoms with Gasteiger partial charge in [-0.25, -0.2) is 0 Å². The highest BCUT2D eigenvalue weighted by molar-refractivity contribution is 6.09. The Labute approximate surface area is 333 Å². The zero-order valence-corrected chi connectivity index (χ0v) is 33.2. The molecule has 12 rings (SSSR count). The maximum atomic E-state index is 2.61. The SMILES string of the molecule is CC1C=c2c(c3ccccc3n2-c2cc(-n3c4ccccc4c4ccccc43)cc3c2-c2cc4c(cc2C3(C)C)-c2c(-c3ccccc3)cccc2C4(C)C)=CC1. The molecule has 0 bridgehead atoms. The van der Waals surface area contributed by atoms with Crippen LogP contribution in [0.3, 0.4) is 0 Å². The molecular formula is C55H44N2. The second-order valence-corrected chi connectivity index (χ2v) is 17.8. The van der Waals surface area contributed by atoms with Crippen LogP contribution in [0.5, 0.6) is 0 Å². The van der Waals surface area contributed by atoms with Crippen molar-refractivity contribution in [2.75, 3.05) is 0 Å². The number of hydrogen-bond acceptors (Lipinski definition) is 0. The minimum absolute atomic E-state index is 0.155. The number of benzene rings is 7. The van der Waals surface area contributed by atoms with Crippen molar-refractivity contribution in [1.82, 2.24) is 9.13 Å². The third kappa shape index (κ3) is 4.31. The van der Waals surface area contributed by atoms with Gasteiger partial charge in [0.15, 0.2) is 0 Å². The second-order valence-electron chi connectivity index (χ2n) is 17.8. The van der Waals surface area contributed by atoms with E-state index in [2.05, 4.69) is 201 Å². The molecule has 0 amide bonds. The lowest BCUT2D eigenvalue weighted by Crippen LogP contribution is -2.32. The molecule has 0 aliphatic heterocycles. The van der Waals surface area contributed by atoms with Crippen molar-refractivity contribution in [2.45, 2.75) is 51.9 Å². The normalized spacial score (nSPS) is 16.8. The predicted octanol–water partition coefficient (Wildman–Crippen LogP) is 12.6. The zero-order chi connectivity index (χ0) is 38.4. The Balaban J connectivity index is 1.21. The molecule has 2 aromatic heterocycles. The van der Waals surface area contributed by atoms with E-state index in [1.54, 1.807) is 0 Å². The van der Waals surface area contributed by atoms with Crippen LogP contribution < -0.4 is 10.6 Å². The van der Waals surface area contributed by atoms with Crippen LogP contribution in [0.25, 0.3) is 89.6 Å². The summed E-state index contributed by atoms with van der Waals surface area (Å²) in [7, 11) is 0. The van der Waals surface area contributed by atoms with E-state index < -0.39 is 0 Å². The third-order valence-corrected chi connectivity index (χ3v) is 13.8. The molecule has 7 aromatic carbocycles. The summed E-state index contributed by atoms with van der Waals surface area (Å²) in [6.45, 7) is 12.1. The van der Waals surface area contributed by atoms with Gasteiger partial charge < -0.3 is 9.13 Å². The molecule has 0 saturated carbocycles. The first-order valence-corrected chi connectivity index (χ1v) is 20.6. The van der Waals surface area contributed by atoms with E-state index in [-0.39, 0.29) is 10.8 Å². The number of rotatable bonds is 3. The van der Waals surface area contributed by atoms with Gasteiger partial charge in [-0.2, -0.15) is 0 Å². The molecule has 2 heteroatoms. The second kappa shape index (κ2) is 11.4. The Morgan fingerprint density at radius 2 is 1.07 bits per heavy atom. The lowest BCUT2D eigenvalue weighted by molar-refractivity contribution is 0.651. The van der Waals surface area contributed by atoms with E-state index in [1.807, 2.05) is 0 Å². The fraction of sp³-hybridized carbons (Fsp3) is 0.164. The standard InChI is InChI=1S/C55H44N2/c1-33-26-27-40-39-20-11-14-25-49(39)57(50(40)28-33)51-30-35(56-47-23-12-9-18-37(47)38-19-10-13-24-48(38)56)29-46-53(51)42-32-44-41(31-45(42)55(46,4)5)52-36(34-16-7-6-8-17-34)21-15-22-43(52)54(44,2)3/h6-25,27-33H,26H2,1-5H3. The van der Waals surface area contributed by atoms with Gasteiger partial charge >= 0.3 is 0 Å². The van der Waals surface area contributed by atoms with Crippen LogP contribution in [0.15, 0.2) is 146 Å². The summed E-state index contributed by atoms with van der Waals surface area (Å²) >= 11 is 0. The molecule has 1 unspecified atom stereocenters. The first-order chi connectivity index (χ1) is 27.7. The molecule has 274 valence electrons. The molecule has 2 heterocycles. The van der Waals surface area contributed by atoms with Crippen LogP contribution in [0.4, 0.5) is 0 Å². The Kier molecular flexibility index (Phi) is 6.54. The molecule has 57 heavy (non-hydrogen) atoms. The number of fused-ring (bicyclic) bond motifs is 12. The molecular weight excluding hydrogens is 689 g/mol. The summed E-state index contributed by atoms with van der Waals surface area (Å²) < 4.78 is 5.12. The summed E-state index contributed by atoms with van der Waals surface area (Å²) in [6, 6.07) is 54.9. The number of para-hydroxylation sites is 3. The van der Waals surface area contributed by atoms with Crippen LogP contribution in [-0.4, -0.2) is 9.13 Å². The lowest BCUT2D eigenvalue weighted by atomic mass is 9.79. The average molecular weight is 733 g/mol. The zero-order valence-electron chi connectivity index (χ0n) is 33.2. The van der Waals surface area contributed by atoms with Crippen molar-refractivity contribution in [1.29, 1.82) is 0 Å². The molecule has 2 nitrogen and oxygen atoms in total. The lowest BCUT2D eigenvalue weighted by Gasteiger charge is -2.24. The van der Waals surface area contributed by atoms with Crippen molar-refractivity contribution in [3.63, 3.8) is 0 Å². The number of hydrogen-bond donors (Lipinski definition) is 0. The summed E-state index contributed by atoms with van der Waals surface area (Å²) in [4.78, 5) is 0. The highest BCUT2D eigenvalue weighted by Gasteiger charge is 2.44. The highest BCUT2D eigenvalue weighted by Crippen LogP contribution is 2.59. The first-order valence-electron chi connectivity index (χ1n) is 20.6. The Bertz CT molecular complexity index is 3280. The van der Waals surface area contributed by atoms with E-state index >= 15 is 0 Å². The molecule has 0 radical (unpaired) electrons. The van der Waals surface area contributed by atoms with Gasteiger partial charge in [0, 0.05) is 43.5 Å². The monoisotopic (exact) mass is 732 g/mol. The summed E-state index contributed by atoms with van der Waals surface area (Å²) in [5, 5.41) is 6.55. The minimum Gasteiger partial charge on any atom is -0.309 e. The summed E-state index contributed by atoms with van der Waals surface area (Å²) in [5.74, 6) is 0.458. The van der Waals surface area contributed by atoms with Crippen molar-refractivity contribution < 1.29 is 0 Å². The van der Waals surface area contributed by atoms with Crippen LogP contribution >= 0.6 is 0 Å². The topological polar surface area (TPSA) is 9.86 Å². The van der Waals surface area contributed by atoms with Gasteiger partial charge in [0.1, 0.15) is 0 Å². The number of aromatic nitrogens is 2. The fourth-order valence-corrected chi connectivity index (χ4v) is 11.0. The summed E-state index contributed by atoms with van der Waals surface area (Å²) in [6.07, 6.45) is 6.05. The van der Waals surface area contributed by atoms with Crippen molar-refractivity contribution in [3.8, 4) is 44.8 Å². The maximum absolute atomic E-state index is 2.61. The van der Waals surface area contributed by atoms with Gasteiger partial charge in [0.05, 0.1) is 27.6 Å². The quantitative estimate of drug-likeness (QED) is 0.171. The van der Waals surface area contributed by atoms with E-state index in [1.165, 1.54) is 110 Å². The van der Waals surface area contributed by atoms with Crippen LogP contribution in [0, 0.1) is 5.92 Å². The molecule has 0 saturated heterocycles. The minimum atomic E-state index is -0.260. The smallest absolute Gasteiger partial charge is 0.0564 e. The number of nitrogens with zero attached hydrogens (tertiary/aromatic N) is 2.